The maximum atomic E-state index is 13.8. The molecule has 2 aliphatic rings. The summed E-state index contributed by atoms with van der Waals surface area (Å²) in [6.07, 6.45) is 2.38. The quantitative estimate of drug-likeness (QED) is 0.0584. The summed E-state index contributed by atoms with van der Waals surface area (Å²) in [6, 6.07) is 34.9. The summed E-state index contributed by atoms with van der Waals surface area (Å²) in [7, 11) is -4.32. The van der Waals surface area contributed by atoms with Crippen molar-refractivity contribution in [2.45, 2.75) is 35.2 Å². The van der Waals surface area contributed by atoms with Crippen molar-refractivity contribution in [3.63, 3.8) is 0 Å². The third kappa shape index (κ3) is 9.65. The van der Waals surface area contributed by atoms with Crippen molar-refractivity contribution in [2.75, 3.05) is 60.0 Å². The fraction of sp³-hybridized carbons (Fsp3) is 0.250. The maximum absolute atomic E-state index is 13.8. The number of piperazine rings is 1. The van der Waals surface area contributed by atoms with Gasteiger partial charge in [-0.05, 0) is 77.7 Å². The molecule has 1 amide bonds. The molecule has 1 unspecified atom stereocenters. The molecule has 0 spiro atoms. The molecule has 2 fully saturated rings. The van der Waals surface area contributed by atoms with Gasteiger partial charge in [0.05, 0.1) is 15.3 Å². The number of aromatic nitrogens is 2. The van der Waals surface area contributed by atoms with Crippen LogP contribution in [0.5, 0.6) is 0 Å². The average molecular weight is 863 g/mol. The number of likely N-dealkylation sites (tertiary alicyclic amines) is 1. The molecule has 0 bridgehead atoms. The number of carbonyl (C=O) groups is 1. The maximum Gasteiger partial charge on any atom is 0.293 e. The second-order valence-corrected chi connectivity index (χ2v) is 18.0. The Morgan fingerprint density at radius 3 is 2.35 bits per heavy atom. The Balaban J connectivity index is 0.941. The number of nitrogens with zero attached hydrogens (tertiary/aromatic N) is 6. The first-order valence-corrected chi connectivity index (χ1v) is 22.5. The van der Waals surface area contributed by atoms with Gasteiger partial charge in [0.25, 0.3) is 15.7 Å². The number of fused-ring (bicyclic) bond motifs is 1. The van der Waals surface area contributed by atoms with Gasteiger partial charge in [-0.15, -0.1) is 11.8 Å². The fourth-order valence-corrected chi connectivity index (χ4v) is 9.55. The van der Waals surface area contributed by atoms with Crippen LogP contribution < -0.4 is 14.9 Å². The molecule has 5 aromatic carbocycles. The van der Waals surface area contributed by atoms with Crippen molar-refractivity contribution < 1.29 is 18.1 Å². The Bertz CT molecular complexity index is 2610. The minimum Gasteiger partial charge on any atom is -0.375 e. The fourth-order valence-electron chi connectivity index (χ4n) is 7.43. The first-order valence-electron chi connectivity index (χ1n) is 19.7. The number of carbonyl (C=O) groups excluding carboxylic acids is 1. The molecule has 13 nitrogen and oxygen atoms in total. The highest BCUT2D eigenvalue weighted by Gasteiger charge is 2.28. The molecule has 0 radical (unpaired) electrons. The zero-order chi connectivity index (χ0) is 41.6. The molecule has 0 aliphatic carbocycles. The second kappa shape index (κ2) is 18.3. The third-order valence-electron chi connectivity index (χ3n) is 10.8. The molecular weight excluding hydrogens is 820 g/mol. The third-order valence-corrected chi connectivity index (χ3v) is 13.6. The lowest BCUT2D eigenvalue weighted by Crippen LogP contribution is -2.46. The summed E-state index contributed by atoms with van der Waals surface area (Å²) < 4.78 is 30.1. The number of anilines is 3. The van der Waals surface area contributed by atoms with Gasteiger partial charge in [0, 0.05) is 91.1 Å². The molecular formula is C44H43ClN8O5S2. The van der Waals surface area contributed by atoms with Gasteiger partial charge in [-0.3, -0.25) is 24.5 Å². The number of benzene rings is 5. The van der Waals surface area contributed by atoms with Gasteiger partial charge in [-0.25, -0.2) is 18.4 Å². The molecule has 8 rings (SSSR count). The number of amides is 1. The predicted octanol–water partition coefficient (Wildman–Crippen LogP) is 8.18. The van der Waals surface area contributed by atoms with Crippen LogP contribution in [0.15, 0.2) is 131 Å². The van der Waals surface area contributed by atoms with E-state index in [-0.39, 0.29) is 28.7 Å². The number of rotatable bonds is 15. The van der Waals surface area contributed by atoms with Gasteiger partial charge >= 0.3 is 0 Å². The van der Waals surface area contributed by atoms with Crippen LogP contribution in [0, 0.1) is 10.1 Å². The number of nitrogens with one attached hydrogen (secondary N) is 2. The van der Waals surface area contributed by atoms with E-state index in [1.807, 2.05) is 66.7 Å². The first-order chi connectivity index (χ1) is 29.1. The molecule has 6 aromatic rings. The van der Waals surface area contributed by atoms with Crippen molar-refractivity contribution >= 4 is 73.1 Å². The molecule has 308 valence electrons. The molecule has 0 saturated carbocycles. The van der Waals surface area contributed by atoms with E-state index in [9.17, 15) is 23.3 Å². The molecule has 2 saturated heterocycles. The van der Waals surface area contributed by atoms with E-state index in [0.717, 1.165) is 61.4 Å². The normalized spacial score (nSPS) is 15.0. The highest BCUT2D eigenvalue weighted by molar-refractivity contribution is 7.99. The van der Waals surface area contributed by atoms with Crippen LogP contribution >= 0.6 is 23.4 Å². The summed E-state index contributed by atoms with van der Waals surface area (Å²) in [4.78, 5) is 40.6. The predicted molar refractivity (Wildman–Crippen MR) is 238 cm³/mol. The molecule has 2 aliphatic heterocycles. The Morgan fingerprint density at radius 1 is 0.867 bits per heavy atom. The summed E-state index contributed by atoms with van der Waals surface area (Å²) in [5, 5.41) is 16.7. The number of hydrogen-bond acceptors (Lipinski definition) is 11. The lowest BCUT2D eigenvalue weighted by molar-refractivity contribution is -0.384. The van der Waals surface area contributed by atoms with E-state index in [1.54, 1.807) is 11.0 Å². The zero-order valence-corrected chi connectivity index (χ0v) is 35.0. The van der Waals surface area contributed by atoms with E-state index in [1.165, 1.54) is 41.3 Å². The van der Waals surface area contributed by atoms with Gasteiger partial charge in [0.1, 0.15) is 12.0 Å². The topological polar surface area (TPSA) is 154 Å². The largest absolute Gasteiger partial charge is 0.375 e. The molecule has 2 N–H and O–H groups in total. The average Bonchev–Trinajstić information content (AvgIpc) is 3.23. The number of halogens is 1. The Kier molecular flexibility index (Phi) is 12.5. The summed E-state index contributed by atoms with van der Waals surface area (Å²) in [6.45, 7) is 5.51. The van der Waals surface area contributed by atoms with Crippen molar-refractivity contribution in [1.82, 2.24) is 19.8 Å². The van der Waals surface area contributed by atoms with Crippen LogP contribution in [0.3, 0.4) is 0 Å². The first kappa shape index (κ1) is 41.0. The second-order valence-electron chi connectivity index (χ2n) is 14.8. The van der Waals surface area contributed by atoms with E-state index in [2.05, 4.69) is 54.1 Å². The van der Waals surface area contributed by atoms with Gasteiger partial charge in [-0.2, -0.15) is 0 Å². The van der Waals surface area contributed by atoms with Crippen LogP contribution in [0.25, 0.3) is 22.0 Å². The van der Waals surface area contributed by atoms with Crippen LogP contribution in [0.4, 0.5) is 22.9 Å². The molecule has 1 aromatic heterocycles. The highest BCUT2D eigenvalue weighted by atomic mass is 35.5. The number of nitro groups is 1. The smallest absolute Gasteiger partial charge is 0.293 e. The van der Waals surface area contributed by atoms with Gasteiger partial charge < -0.3 is 15.1 Å². The monoisotopic (exact) mass is 862 g/mol. The van der Waals surface area contributed by atoms with Gasteiger partial charge in [0.15, 0.2) is 5.82 Å². The summed E-state index contributed by atoms with van der Waals surface area (Å²) in [5.74, 6) is 0.485. The lowest BCUT2D eigenvalue weighted by atomic mass is 9.99. The SMILES string of the molecule is O=C(CC(CSc1ccccc1)Nc1ccc(S(=O)(=O)Nc2ncnc3cc(N4CCN(Cc5ccccc5-c5ccc(Cl)cc5)CC4)ccc23)cc1[N+](=O)[O-])N1CCC1. The number of sulfonamides is 1. The van der Waals surface area contributed by atoms with Gasteiger partial charge in [0.2, 0.25) is 5.91 Å². The van der Waals surface area contributed by atoms with Crippen molar-refractivity contribution in [1.29, 1.82) is 0 Å². The van der Waals surface area contributed by atoms with Gasteiger partial charge in [-0.1, -0.05) is 66.2 Å². The number of nitro benzene ring substituents is 1. The van der Waals surface area contributed by atoms with Crippen LogP contribution in [-0.2, 0) is 21.4 Å². The molecule has 16 heteroatoms. The van der Waals surface area contributed by atoms with Crippen molar-refractivity contribution in [3.8, 4) is 11.1 Å². The zero-order valence-electron chi connectivity index (χ0n) is 32.6. The number of thioether (sulfide) groups is 1. The molecule has 1 atom stereocenters. The summed E-state index contributed by atoms with van der Waals surface area (Å²) >= 11 is 7.67. The number of hydrogen-bond donors (Lipinski definition) is 2. The molecule has 3 heterocycles. The van der Waals surface area contributed by atoms with Crippen LogP contribution in [0.2, 0.25) is 5.02 Å². The van der Waals surface area contributed by atoms with E-state index in [4.69, 9.17) is 11.6 Å². The standard InChI is InChI=1S/C44H43ClN8O5S2/c45-33-13-11-31(12-14-33)38-10-5-4-7-32(38)28-50-21-23-51(24-22-50)35-15-17-39-41(26-35)46-30-47-44(39)49-60(57,58)37-16-18-40(42(27-37)53(55)56)48-34(25-43(54)52-19-6-20-52)29-59-36-8-2-1-3-9-36/h1-5,7-18,26-27,30,34,48H,6,19-25,28-29H2,(H,46,47,49). The van der Waals surface area contributed by atoms with Crippen molar-refractivity contribution in [2.24, 2.45) is 0 Å². The molecule has 60 heavy (non-hydrogen) atoms. The summed E-state index contributed by atoms with van der Waals surface area (Å²) in [5.41, 5.74) is 4.78. The Morgan fingerprint density at radius 2 is 1.62 bits per heavy atom. The van der Waals surface area contributed by atoms with Crippen molar-refractivity contribution in [3.05, 3.63) is 142 Å². The minimum absolute atomic E-state index is 0.0335. The van der Waals surface area contributed by atoms with Crippen LogP contribution in [-0.4, -0.2) is 90.1 Å². The lowest BCUT2D eigenvalue weighted by Gasteiger charge is -2.36. The van der Waals surface area contributed by atoms with E-state index >= 15 is 0 Å². The highest BCUT2D eigenvalue weighted by Crippen LogP contribution is 2.33. The van der Waals surface area contributed by atoms with E-state index in [0.29, 0.717) is 34.8 Å². The minimum atomic E-state index is -4.32. The van der Waals surface area contributed by atoms with E-state index < -0.39 is 26.7 Å². The Labute approximate surface area is 358 Å². The van der Waals surface area contributed by atoms with Crippen LogP contribution in [0.1, 0.15) is 18.4 Å². The Hall–Kier alpha value is -5.74.